The molecule has 0 aliphatic carbocycles. The van der Waals surface area contributed by atoms with Crippen molar-refractivity contribution in [3.8, 4) is 11.1 Å². The molecule has 1 heterocycles. The fourth-order valence-corrected chi connectivity index (χ4v) is 4.54. The first-order valence-corrected chi connectivity index (χ1v) is 12.2. The Morgan fingerprint density at radius 2 is 1.88 bits per heavy atom. The summed E-state index contributed by atoms with van der Waals surface area (Å²) in [5.74, 6) is -1.36. The van der Waals surface area contributed by atoms with Gasteiger partial charge in [-0.25, -0.2) is 4.39 Å². The normalized spacial score (nSPS) is 13.6. The number of fused-ring (bicyclic) bond motifs is 1. The molecule has 1 aromatic heterocycles. The zero-order valence-electron chi connectivity index (χ0n) is 18.5. The summed E-state index contributed by atoms with van der Waals surface area (Å²) in [6.07, 6.45) is 1.69. The van der Waals surface area contributed by atoms with Crippen LogP contribution in [0, 0.1) is 5.82 Å². The fraction of sp³-hybridized carbons (Fsp3) is 0.280. The van der Waals surface area contributed by atoms with Crippen molar-refractivity contribution < 1.29 is 28.5 Å². The number of carboxylic acid groups (broad SMARTS) is 1. The molecule has 2 N–H and O–H groups in total. The van der Waals surface area contributed by atoms with E-state index in [1.54, 1.807) is 18.2 Å². The number of benzene rings is 2. The van der Waals surface area contributed by atoms with E-state index in [0.29, 0.717) is 0 Å². The summed E-state index contributed by atoms with van der Waals surface area (Å²) in [6, 6.07) is 14.1. The number of aromatic nitrogens is 1. The number of para-hydroxylation sites is 1. The fourth-order valence-electron chi connectivity index (χ4n) is 3.61. The number of hydrogen-bond donors (Lipinski definition) is 2. The molecule has 2 aromatic carbocycles. The molecule has 3 aromatic rings. The lowest BCUT2D eigenvalue weighted by Crippen LogP contribution is -2.15. The number of aliphatic hydroxyl groups is 1. The molecule has 8 heteroatoms. The third kappa shape index (κ3) is 6.57. The highest BCUT2D eigenvalue weighted by Crippen LogP contribution is 2.36. The summed E-state index contributed by atoms with van der Waals surface area (Å²) >= 11 is 0. The highest BCUT2D eigenvalue weighted by molar-refractivity contribution is 7.39. The van der Waals surface area contributed by atoms with Gasteiger partial charge in [0.15, 0.2) is 8.03 Å². The van der Waals surface area contributed by atoms with E-state index >= 15 is 0 Å². The van der Waals surface area contributed by atoms with Crippen molar-refractivity contribution in [2.45, 2.75) is 32.3 Å². The second kappa shape index (κ2) is 11.3. The van der Waals surface area contributed by atoms with Gasteiger partial charge in [-0.3, -0.25) is 14.3 Å². The van der Waals surface area contributed by atoms with Crippen molar-refractivity contribution in [3.05, 3.63) is 71.7 Å². The molecule has 3 rings (SSSR count). The molecule has 2 unspecified atom stereocenters. The summed E-state index contributed by atoms with van der Waals surface area (Å²) in [4.78, 5) is 15.5. The molecule has 2 atom stereocenters. The van der Waals surface area contributed by atoms with Crippen LogP contribution in [0.15, 0.2) is 54.6 Å². The van der Waals surface area contributed by atoms with Crippen molar-refractivity contribution >= 4 is 31.0 Å². The minimum atomic E-state index is -2.59. The summed E-state index contributed by atoms with van der Waals surface area (Å²) in [5, 5.41) is 19.2. The van der Waals surface area contributed by atoms with Crippen LogP contribution in [0.2, 0.25) is 0 Å². The third-order valence-electron chi connectivity index (χ3n) is 5.08. The van der Waals surface area contributed by atoms with Crippen LogP contribution in [0.4, 0.5) is 4.39 Å². The van der Waals surface area contributed by atoms with Crippen LogP contribution in [-0.4, -0.2) is 40.0 Å². The first-order valence-electron chi connectivity index (χ1n) is 10.7. The zero-order chi connectivity index (χ0) is 24.0. The maximum absolute atomic E-state index is 13.6. The van der Waals surface area contributed by atoms with Gasteiger partial charge in [0, 0.05) is 22.7 Å². The molecule has 0 radical (unpaired) electrons. The SMILES string of the molecule is CC(C)c1nc2ccccc2c(-c2ccc(F)cc2)c1C=CCO[PH](=O)CC(O)CC(=O)O. The molecular weight excluding hydrogens is 444 g/mol. The second-order valence-corrected chi connectivity index (χ2v) is 9.45. The lowest BCUT2D eigenvalue weighted by molar-refractivity contribution is -0.138. The van der Waals surface area contributed by atoms with Crippen molar-refractivity contribution in [1.82, 2.24) is 4.98 Å². The summed E-state index contributed by atoms with van der Waals surface area (Å²) in [7, 11) is -2.59. The van der Waals surface area contributed by atoms with Gasteiger partial charge in [-0.2, -0.15) is 0 Å². The second-order valence-electron chi connectivity index (χ2n) is 8.01. The van der Waals surface area contributed by atoms with E-state index < -0.39 is 26.5 Å². The van der Waals surface area contributed by atoms with E-state index in [4.69, 9.17) is 14.6 Å². The highest BCUT2D eigenvalue weighted by Gasteiger charge is 2.17. The number of carbonyl (C=O) groups is 1. The first-order chi connectivity index (χ1) is 15.8. The van der Waals surface area contributed by atoms with Gasteiger partial charge in [-0.15, -0.1) is 0 Å². The molecule has 0 fully saturated rings. The molecule has 0 saturated heterocycles. The quantitative estimate of drug-likeness (QED) is 0.379. The van der Waals surface area contributed by atoms with Gasteiger partial charge >= 0.3 is 5.97 Å². The zero-order valence-corrected chi connectivity index (χ0v) is 19.5. The predicted molar refractivity (Wildman–Crippen MR) is 128 cm³/mol. The van der Waals surface area contributed by atoms with Gasteiger partial charge in [-0.05, 0) is 29.7 Å². The first kappa shape index (κ1) is 24.8. The molecule has 33 heavy (non-hydrogen) atoms. The Morgan fingerprint density at radius 1 is 1.18 bits per heavy atom. The van der Waals surface area contributed by atoms with Crippen molar-refractivity contribution in [3.63, 3.8) is 0 Å². The van der Waals surface area contributed by atoms with E-state index in [9.17, 15) is 18.9 Å². The maximum Gasteiger partial charge on any atom is 0.305 e. The number of rotatable bonds is 10. The Labute approximate surface area is 192 Å². The number of aliphatic carboxylic acids is 1. The monoisotopic (exact) mass is 471 g/mol. The van der Waals surface area contributed by atoms with Crippen LogP contribution in [0.1, 0.15) is 37.4 Å². The van der Waals surface area contributed by atoms with Crippen molar-refractivity contribution in [2.75, 3.05) is 12.8 Å². The molecule has 0 saturated carbocycles. The van der Waals surface area contributed by atoms with Crippen LogP contribution in [0.5, 0.6) is 0 Å². The van der Waals surface area contributed by atoms with E-state index in [1.165, 1.54) is 12.1 Å². The summed E-state index contributed by atoms with van der Waals surface area (Å²) in [5.41, 5.74) is 4.35. The molecule has 0 amide bonds. The molecule has 0 spiro atoms. The molecule has 0 aliphatic rings. The van der Waals surface area contributed by atoms with Crippen LogP contribution in [0.3, 0.4) is 0 Å². The Balaban J connectivity index is 1.93. The summed E-state index contributed by atoms with van der Waals surface area (Å²) in [6.45, 7) is 4.12. The van der Waals surface area contributed by atoms with E-state index in [2.05, 4.69) is 0 Å². The predicted octanol–water partition coefficient (Wildman–Crippen LogP) is 5.50. The van der Waals surface area contributed by atoms with Gasteiger partial charge in [0.1, 0.15) is 5.82 Å². The van der Waals surface area contributed by atoms with Gasteiger partial charge < -0.3 is 14.7 Å². The molecule has 174 valence electrons. The molecule has 6 nitrogen and oxygen atoms in total. The number of pyridine rings is 1. The Kier molecular flexibility index (Phi) is 8.50. The van der Waals surface area contributed by atoms with E-state index in [-0.39, 0.29) is 24.5 Å². The van der Waals surface area contributed by atoms with Gasteiger partial charge in [0.05, 0.1) is 30.3 Å². The Hall–Kier alpha value is -2.86. The van der Waals surface area contributed by atoms with E-state index in [1.807, 2.05) is 44.2 Å². The lowest BCUT2D eigenvalue weighted by atomic mass is 9.90. The Bertz CT molecular complexity index is 1180. The van der Waals surface area contributed by atoms with Gasteiger partial charge in [-0.1, -0.05) is 56.3 Å². The molecular formula is C25H27FNO5P. The van der Waals surface area contributed by atoms with Crippen LogP contribution in [-0.2, 0) is 13.9 Å². The maximum atomic E-state index is 13.6. The van der Waals surface area contributed by atoms with Crippen LogP contribution >= 0.6 is 8.03 Å². The average molecular weight is 471 g/mol. The highest BCUT2D eigenvalue weighted by atomic mass is 31.1. The number of nitrogens with zero attached hydrogens (tertiary/aromatic N) is 1. The minimum Gasteiger partial charge on any atom is -0.481 e. The average Bonchev–Trinajstić information content (AvgIpc) is 2.76. The number of halogens is 1. The number of carboxylic acids is 1. The minimum absolute atomic E-state index is 0.0325. The largest absolute Gasteiger partial charge is 0.481 e. The topological polar surface area (TPSA) is 96.7 Å². The summed E-state index contributed by atoms with van der Waals surface area (Å²) < 4.78 is 30.9. The number of hydrogen-bond acceptors (Lipinski definition) is 5. The lowest BCUT2D eigenvalue weighted by Gasteiger charge is -2.17. The van der Waals surface area contributed by atoms with Crippen molar-refractivity contribution in [1.29, 1.82) is 0 Å². The van der Waals surface area contributed by atoms with Crippen LogP contribution < -0.4 is 0 Å². The van der Waals surface area contributed by atoms with Crippen LogP contribution in [0.25, 0.3) is 28.1 Å². The standard InChI is InChI=1S/C25H27FNO5P/c1-16(2)25-21(7-5-13-32-33(31)15-19(28)14-23(29)30)24(17-9-11-18(26)12-10-17)20-6-3-4-8-22(20)27-25/h3-12,16,19,28,33H,13-15H2,1-2H3,(H,29,30). The third-order valence-corrected chi connectivity index (χ3v) is 6.37. The van der Waals surface area contributed by atoms with Gasteiger partial charge in [0.2, 0.25) is 0 Å². The Morgan fingerprint density at radius 3 is 2.55 bits per heavy atom. The van der Waals surface area contributed by atoms with Crippen molar-refractivity contribution in [2.24, 2.45) is 0 Å². The van der Waals surface area contributed by atoms with Gasteiger partial charge in [0.25, 0.3) is 0 Å². The molecule has 0 bridgehead atoms. The number of aliphatic hydroxyl groups excluding tert-OH is 1. The molecule has 0 aliphatic heterocycles. The van der Waals surface area contributed by atoms with E-state index in [0.717, 1.165) is 33.3 Å². The smallest absolute Gasteiger partial charge is 0.305 e.